The number of hydrogen-bond acceptors (Lipinski definition) is 3. The van der Waals surface area contributed by atoms with Crippen LogP contribution in [0.4, 0.5) is 0 Å². The summed E-state index contributed by atoms with van der Waals surface area (Å²) in [6.07, 6.45) is 12.4. The molecule has 0 aromatic heterocycles. The summed E-state index contributed by atoms with van der Waals surface area (Å²) in [6.45, 7) is 7.03. The first kappa shape index (κ1) is 25.9. The van der Waals surface area contributed by atoms with Gasteiger partial charge in [0.05, 0.1) is 0 Å². The van der Waals surface area contributed by atoms with Crippen molar-refractivity contribution in [1.29, 1.82) is 0 Å². The van der Waals surface area contributed by atoms with Crippen molar-refractivity contribution in [2.75, 3.05) is 0 Å². The van der Waals surface area contributed by atoms with Crippen molar-refractivity contribution in [2.24, 2.45) is 5.73 Å². The maximum absolute atomic E-state index is 10.5. The zero-order valence-electron chi connectivity index (χ0n) is 14.2. The molecule has 0 aliphatic carbocycles. The third-order valence-corrected chi connectivity index (χ3v) is 2.95. The van der Waals surface area contributed by atoms with Gasteiger partial charge in [-0.1, -0.05) is 58.3 Å². The van der Waals surface area contributed by atoms with Crippen molar-refractivity contribution >= 4 is 11.8 Å². The monoisotopic (exact) mass is 309 g/mol. The van der Waals surface area contributed by atoms with E-state index >= 15 is 0 Å². The standard InChI is InChI=1S/C13H25O.C3H7NO2.Na/c1-3-4-5-6-7-8-9-10-11-12-13(2)14;1-2(4)3(5)6;/h2-12H2,1H3;2H,4H2,1H3,(H,5,6);/q-1;;+1/t;2-;/m.0./s1. The molecule has 0 radical (unpaired) electrons. The van der Waals surface area contributed by atoms with Crippen molar-refractivity contribution in [2.45, 2.75) is 84.1 Å². The Balaban J connectivity index is -0.000000394. The summed E-state index contributed by atoms with van der Waals surface area (Å²) in [7, 11) is 0. The first-order chi connectivity index (χ1) is 9.41. The van der Waals surface area contributed by atoms with E-state index in [1.165, 1.54) is 58.3 Å². The van der Waals surface area contributed by atoms with Crippen molar-refractivity contribution < 1.29 is 44.3 Å². The van der Waals surface area contributed by atoms with E-state index in [-0.39, 0.29) is 35.3 Å². The van der Waals surface area contributed by atoms with Gasteiger partial charge in [0.15, 0.2) is 0 Å². The minimum atomic E-state index is -0.963. The first-order valence-corrected chi connectivity index (χ1v) is 7.75. The average Bonchev–Trinajstić information content (AvgIpc) is 2.37. The van der Waals surface area contributed by atoms with Gasteiger partial charge >= 0.3 is 35.5 Å². The molecule has 0 saturated heterocycles. The van der Waals surface area contributed by atoms with E-state index in [0.717, 1.165) is 6.42 Å². The van der Waals surface area contributed by atoms with Crippen LogP contribution < -0.4 is 35.3 Å². The molecule has 120 valence electrons. The molecular weight excluding hydrogens is 277 g/mol. The molecule has 0 heterocycles. The van der Waals surface area contributed by atoms with Gasteiger partial charge < -0.3 is 22.6 Å². The number of aliphatic carboxylic acids is 1. The molecule has 21 heavy (non-hydrogen) atoms. The summed E-state index contributed by atoms with van der Waals surface area (Å²) in [5, 5.41) is 7.87. The zero-order chi connectivity index (χ0) is 15.8. The van der Waals surface area contributed by atoms with Crippen LogP contribution in [-0.4, -0.2) is 22.9 Å². The van der Waals surface area contributed by atoms with Crippen molar-refractivity contribution in [3.63, 3.8) is 0 Å². The Kier molecular flexibility index (Phi) is 24.6. The van der Waals surface area contributed by atoms with Crippen LogP contribution in [-0.2, 0) is 9.59 Å². The Morgan fingerprint density at radius 2 is 1.33 bits per heavy atom. The molecule has 0 aromatic rings. The Labute approximate surface area is 152 Å². The molecule has 0 aliphatic rings. The predicted molar refractivity (Wildman–Crippen MR) is 83.5 cm³/mol. The molecule has 0 saturated carbocycles. The van der Waals surface area contributed by atoms with Crippen LogP contribution in [0.2, 0.25) is 0 Å². The largest absolute Gasteiger partial charge is 1.00 e. The molecule has 5 heteroatoms. The summed E-state index contributed by atoms with van der Waals surface area (Å²) in [6, 6.07) is -0.731. The Morgan fingerprint density at radius 1 is 1.00 bits per heavy atom. The predicted octanol–water partition coefficient (Wildman–Crippen LogP) is 0.733. The van der Waals surface area contributed by atoms with E-state index in [2.05, 4.69) is 13.8 Å². The van der Waals surface area contributed by atoms with Crippen molar-refractivity contribution in [3.8, 4) is 0 Å². The Bertz CT molecular complexity index is 246. The molecule has 0 unspecified atom stereocenters. The van der Waals surface area contributed by atoms with E-state index in [4.69, 9.17) is 10.8 Å². The van der Waals surface area contributed by atoms with E-state index in [9.17, 15) is 9.59 Å². The third kappa shape index (κ3) is 28.8. The molecule has 0 spiro atoms. The van der Waals surface area contributed by atoms with E-state index < -0.39 is 12.0 Å². The second-order valence-corrected chi connectivity index (χ2v) is 5.24. The van der Waals surface area contributed by atoms with Gasteiger partial charge in [-0.25, -0.2) is 0 Å². The number of carboxylic acid groups (broad SMARTS) is 1. The minimum absolute atomic E-state index is 0. The van der Waals surface area contributed by atoms with Gasteiger partial charge in [0.1, 0.15) is 6.04 Å². The zero-order valence-corrected chi connectivity index (χ0v) is 16.2. The van der Waals surface area contributed by atoms with Gasteiger partial charge in [-0.15, -0.1) is 0 Å². The molecule has 4 nitrogen and oxygen atoms in total. The summed E-state index contributed by atoms with van der Waals surface area (Å²) >= 11 is 0. The van der Waals surface area contributed by atoms with Crippen LogP contribution in [0.5, 0.6) is 0 Å². The third-order valence-electron chi connectivity index (χ3n) is 2.95. The second-order valence-electron chi connectivity index (χ2n) is 5.24. The van der Waals surface area contributed by atoms with Gasteiger partial charge in [0, 0.05) is 0 Å². The number of hydrogen-bond donors (Lipinski definition) is 2. The Hall–Kier alpha value is -0.0300. The minimum Gasteiger partial charge on any atom is -0.480 e. The second kappa shape index (κ2) is 20.0. The smallest absolute Gasteiger partial charge is 0.480 e. The summed E-state index contributed by atoms with van der Waals surface area (Å²) in [5.41, 5.74) is 4.84. The van der Waals surface area contributed by atoms with Gasteiger partial charge in [0.25, 0.3) is 0 Å². The molecule has 0 aromatic carbocycles. The topological polar surface area (TPSA) is 80.4 Å². The fourth-order valence-corrected chi connectivity index (χ4v) is 1.63. The number of carboxylic acids is 1. The molecule has 0 aliphatic heterocycles. The molecular formula is C16H32NNaO3. The number of Topliss-reactive ketones (excluding diaryl/α,β-unsaturated/α-hetero) is 1. The van der Waals surface area contributed by atoms with Crippen LogP contribution in [0.1, 0.15) is 78.1 Å². The fourth-order valence-electron chi connectivity index (χ4n) is 1.63. The Morgan fingerprint density at radius 3 is 1.62 bits per heavy atom. The fraction of sp³-hybridized carbons (Fsp3) is 0.812. The maximum atomic E-state index is 10.5. The number of rotatable bonds is 11. The van der Waals surface area contributed by atoms with Gasteiger partial charge in [-0.2, -0.15) is 0 Å². The first-order valence-electron chi connectivity index (χ1n) is 7.75. The van der Waals surface area contributed by atoms with Gasteiger partial charge in [-0.3, -0.25) is 4.79 Å². The van der Waals surface area contributed by atoms with E-state index in [1.807, 2.05) is 0 Å². The van der Waals surface area contributed by atoms with E-state index in [1.54, 1.807) is 0 Å². The average molecular weight is 309 g/mol. The van der Waals surface area contributed by atoms with E-state index in [0.29, 0.717) is 6.42 Å². The molecule has 0 bridgehead atoms. The molecule has 0 amide bonds. The number of nitrogens with two attached hydrogens (primary N) is 1. The van der Waals surface area contributed by atoms with Crippen LogP contribution in [0, 0.1) is 6.92 Å². The number of unbranched alkanes of at least 4 members (excludes halogenated alkanes) is 8. The summed E-state index contributed by atoms with van der Waals surface area (Å²) in [4.78, 5) is 20.1. The quantitative estimate of drug-likeness (QED) is 0.335. The van der Waals surface area contributed by atoms with Crippen molar-refractivity contribution in [3.05, 3.63) is 6.92 Å². The molecule has 0 rings (SSSR count). The van der Waals surface area contributed by atoms with Crippen LogP contribution in [0.15, 0.2) is 0 Å². The van der Waals surface area contributed by atoms with Gasteiger partial charge in [0.2, 0.25) is 0 Å². The molecule has 0 fully saturated rings. The van der Waals surface area contributed by atoms with Gasteiger partial charge in [-0.05, 0) is 25.5 Å². The normalized spacial score (nSPS) is 10.8. The molecule has 3 N–H and O–H groups in total. The van der Waals surface area contributed by atoms with Crippen LogP contribution in [0.25, 0.3) is 0 Å². The number of carbonyl (C=O) groups is 2. The van der Waals surface area contributed by atoms with Crippen LogP contribution in [0.3, 0.4) is 0 Å². The number of carbonyl (C=O) groups excluding carboxylic acids is 1. The van der Waals surface area contributed by atoms with Crippen molar-refractivity contribution in [1.82, 2.24) is 0 Å². The maximum Gasteiger partial charge on any atom is 1.00 e. The number of ketones is 1. The summed E-state index contributed by atoms with van der Waals surface area (Å²) < 4.78 is 0. The SMILES string of the molecule is C[C@H](N)C(=O)O.[CH2-]C(=O)CCCCCCCCCCC.[Na+]. The van der Waals surface area contributed by atoms with Crippen LogP contribution >= 0.6 is 0 Å². The summed E-state index contributed by atoms with van der Waals surface area (Å²) in [5.74, 6) is -0.872. The molecule has 1 atom stereocenters.